The van der Waals surface area contributed by atoms with E-state index in [4.69, 9.17) is 0 Å². The Bertz CT molecular complexity index is 410. The molecule has 0 saturated carbocycles. The molecule has 0 radical (unpaired) electrons. The quantitative estimate of drug-likeness (QED) is 0.737. The van der Waals surface area contributed by atoms with Gasteiger partial charge in [-0.25, -0.2) is 0 Å². The van der Waals surface area contributed by atoms with Crippen molar-refractivity contribution >= 4 is 15.9 Å². The van der Waals surface area contributed by atoms with E-state index in [1.807, 2.05) is 0 Å². The molecule has 1 aromatic rings. The lowest BCUT2D eigenvalue weighted by molar-refractivity contribution is 0.330. The summed E-state index contributed by atoms with van der Waals surface area (Å²) in [5.41, 5.74) is 2.45. The summed E-state index contributed by atoms with van der Waals surface area (Å²) in [6, 6.07) is 0. The van der Waals surface area contributed by atoms with Gasteiger partial charge in [-0.2, -0.15) is 5.10 Å². The van der Waals surface area contributed by atoms with Gasteiger partial charge >= 0.3 is 0 Å². The molecule has 1 aliphatic rings. The molecule has 0 amide bonds. The first kappa shape index (κ1) is 16.0. The third-order valence-electron chi connectivity index (χ3n) is 4.01. The average molecular weight is 343 g/mol. The van der Waals surface area contributed by atoms with E-state index >= 15 is 0 Å². The van der Waals surface area contributed by atoms with Gasteiger partial charge in [0, 0.05) is 13.1 Å². The van der Waals surface area contributed by atoms with E-state index in [9.17, 15) is 0 Å². The fraction of sp³-hybridized carbons (Fsp3) is 0.800. The zero-order valence-corrected chi connectivity index (χ0v) is 14.4. The minimum atomic E-state index is 0.904. The van der Waals surface area contributed by atoms with Gasteiger partial charge in [0.15, 0.2) is 0 Å². The number of rotatable bonds is 8. The molecule has 0 unspecified atom stereocenters. The van der Waals surface area contributed by atoms with Crippen molar-refractivity contribution in [2.75, 3.05) is 26.2 Å². The highest BCUT2D eigenvalue weighted by molar-refractivity contribution is 9.10. The van der Waals surface area contributed by atoms with Crippen molar-refractivity contribution in [1.82, 2.24) is 20.0 Å². The van der Waals surface area contributed by atoms with Crippen LogP contribution in [0.3, 0.4) is 0 Å². The second-order valence-corrected chi connectivity index (χ2v) is 6.25. The number of aryl methyl sites for hydroxylation is 2. The second kappa shape index (κ2) is 8.15. The predicted molar refractivity (Wildman–Crippen MR) is 87.0 cm³/mol. The highest BCUT2D eigenvalue weighted by atomic mass is 79.9. The molecule has 0 atom stereocenters. The molecule has 1 aromatic heterocycles. The molecular weight excluding hydrogens is 316 g/mol. The van der Waals surface area contributed by atoms with Crippen LogP contribution in [0.1, 0.15) is 44.5 Å². The van der Waals surface area contributed by atoms with Gasteiger partial charge in [0.05, 0.1) is 15.9 Å². The number of nitrogens with one attached hydrogen (secondary N) is 1. The van der Waals surface area contributed by atoms with Crippen LogP contribution in [-0.2, 0) is 19.5 Å². The fourth-order valence-corrected chi connectivity index (χ4v) is 3.53. The predicted octanol–water partition coefficient (Wildman–Crippen LogP) is 2.80. The van der Waals surface area contributed by atoms with Crippen molar-refractivity contribution in [1.29, 1.82) is 0 Å². The third kappa shape index (κ3) is 4.06. The lowest BCUT2D eigenvalue weighted by Gasteiger charge is -2.14. The van der Waals surface area contributed by atoms with Crippen LogP contribution in [0.5, 0.6) is 0 Å². The first-order chi connectivity index (χ1) is 9.76. The Morgan fingerprint density at radius 2 is 2.00 bits per heavy atom. The van der Waals surface area contributed by atoms with Gasteiger partial charge in [-0.3, -0.25) is 4.68 Å². The Labute approximate surface area is 131 Å². The van der Waals surface area contributed by atoms with E-state index in [2.05, 4.69) is 49.8 Å². The van der Waals surface area contributed by atoms with Crippen molar-refractivity contribution in [3.63, 3.8) is 0 Å². The number of nitrogens with zero attached hydrogens (tertiary/aromatic N) is 3. The van der Waals surface area contributed by atoms with Crippen molar-refractivity contribution in [3.8, 4) is 0 Å². The Balaban J connectivity index is 1.74. The SMILES string of the molecule is CCc1nn(CC)c(CNCCCN2CCCC2)c1Br. The van der Waals surface area contributed by atoms with Gasteiger partial charge in [0.1, 0.15) is 0 Å². The van der Waals surface area contributed by atoms with E-state index in [0.717, 1.165) is 26.1 Å². The van der Waals surface area contributed by atoms with Crippen molar-refractivity contribution in [3.05, 3.63) is 15.9 Å². The summed E-state index contributed by atoms with van der Waals surface area (Å²) < 4.78 is 3.30. The summed E-state index contributed by atoms with van der Waals surface area (Å²) in [4.78, 5) is 2.57. The molecule has 2 rings (SSSR count). The number of likely N-dealkylation sites (tertiary alicyclic amines) is 1. The smallest absolute Gasteiger partial charge is 0.0767 e. The molecule has 1 N–H and O–H groups in total. The molecule has 4 nitrogen and oxygen atoms in total. The van der Waals surface area contributed by atoms with Crippen LogP contribution in [0, 0.1) is 0 Å². The number of hydrogen-bond donors (Lipinski definition) is 1. The molecule has 114 valence electrons. The molecule has 1 aliphatic heterocycles. The van der Waals surface area contributed by atoms with Crippen molar-refractivity contribution in [2.24, 2.45) is 0 Å². The van der Waals surface area contributed by atoms with Gasteiger partial charge in [-0.1, -0.05) is 6.92 Å². The van der Waals surface area contributed by atoms with Crippen LogP contribution >= 0.6 is 15.9 Å². The highest BCUT2D eigenvalue weighted by Gasteiger charge is 2.13. The van der Waals surface area contributed by atoms with E-state index in [0.29, 0.717) is 0 Å². The van der Waals surface area contributed by atoms with Gasteiger partial charge in [0.25, 0.3) is 0 Å². The third-order valence-corrected chi connectivity index (χ3v) is 4.93. The monoisotopic (exact) mass is 342 g/mol. The number of aromatic nitrogens is 2. The highest BCUT2D eigenvalue weighted by Crippen LogP contribution is 2.22. The molecule has 0 spiro atoms. The number of halogens is 1. The van der Waals surface area contributed by atoms with Gasteiger partial charge in [-0.05, 0) is 74.7 Å². The van der Waals surface area contributed by atoms with Crippen LogP contribution in [-0.4, -0.2) is 40.9 Å². The zero-order valence-electron chi connectivity index (χ0n) is 12.8. The topological polar surface area (TPSA) is 33.1 Å². The Morgan fingerprint density at radius 1 is 1.25 bits per heavy atom. The molecular formula is C15H27BrN4. The van der Waals surface area contributed by atoms with Crippen molar-refractivity contribution in [2.45, 2.75) is 52.6 Å². The minimum Gasteiger partial charge on any atom is -0.311 e. The Morgan fingerprint density at radius 3 is 2.65 bits per heavy atom. The fourth-order valence-electron chi connectivity index (χ4n) is 2.83. The molecule has 20 heavy (non-hydrogen) atoms. The van der Waals surface area contributed by atoms with E-state index < -0.39 is 0 Å². The molecule has 0 bridgehead atoms. The maximum Gasteiger partial charge on any atom is 0.0767 e. The molecule has 1 fully saturated rings. The average Bonchev–Trinajstić information content (AvgIpc) is 3.07. The summed E-state index contributed by atoms with van der Waals surface area (Å²) in [6.45, 7) is 11.1. The summed E-state index contributed by atoms with van der Waals surface area (Å²) in [5.74, 6) is 0. The molecule has 5 heteroatoms. The Kier molecular flexibility index (Phi) is 6.52. The minimum absolute atomic E-state index is 0.904. The largest absolute Gasteiger partial charge is 0.311 e. The van der Waals surface area contributed by atoms with Gasteiger partial charge < -0.3 is 10.2 Å². The maximum atomic E-state index is 4.63. The zero-order chi connectivity index (χ0) is 14.4. The molecule has 0 aromatic carbocycles. The van der Waals surface area contributed by atoms with Crippen LogP contribution in [0.2, 0.25) is 0 Å². The molecule has 1 saturated heterocycles. The lowest BCUT2D eigenvalue weighted by Crippen LogP contribution is -2.25. The number of hydrogen-bond acceptors (Lipinski definition) is 3. The van der Waals surface area contributed by atoms with E-state index in [-0.39, 0.29) is 0 Å². The maximum absolute atomic E-state index is 4.63. The van der Waals surface area contributed by atoms with Crippen LogP contribution in [0.25, 0.3) is 0 Å². The second-order valence-electron chi connectivity index (χ2n) is 5.46. The van der Waals surface area contributed by atoms with Gasteiger partial charge in [-0.15, -0.1) is 0 Å². The standard InChI is InChI=1S/C15H27BrN4/c1-3-13-15(16)14(20(4-2)18-13)12-17-8-7-11-19-9-5-6-10-19/h17H,3-12H2,1-2H3. The Hall–Kier alpha value is -0.390. The summed E-state index contributed by atoms with van der Waals surface area (Å²) in [6.07, 6.45) is 4.99. The van der Waals surface area contributed by atoms with Crippen molar-refractivity contribution < 1.29 is 0 Å². The lowest BCUT2D eigenvalue weighted by atomic mass is 10.3. The molecule has 0 aliphatic carbocycles. The van der Waals surface area contributed by atoms with E-state index in [1.54, 1.807) is 0 Å². The summed E-state index contributed by atoms with van der Waals surface area (Å²) >= 11 is 3.69. The van der Waals surface area contributed by atoms with Gasteiger partial charge in [0.2, 0.25) is 0 Å². The van der Waals surface area contributed by atoms with Crippen LogP contribution in [0.4, 0.5) is 0 Å². The first-order valence-electron chi connectivity index (χ1n) is 7.93. The molecule has 2 heterocycles. The first-order valence-corrected chi connectivity index (χ1v) is 8.72. The van der Waals surface area contributed by atoms with Crippen LogP contribution in [0.15, 0.2) is 4.47 Å². The van der Waals surface area contributed by atoms with Crippen LogP contribution < -0.4 is 5.32 Å². The summed E-state index contributed by atoms with van der Waals surface area (Å²) in [7, 11) is 0. The van der Waals surface area contributed by atoms with E-state index in [1.165, 1.54) is 54.8 Å². The summed E-state index contributed by atoms with van der Waals surface area (Å²) in [5, 5.41) is 8.19. The normalized spacial score (nSPS) is 16.1.